The molecule has 0 bridgehead atoms. The molecule has 4 nitrogen and oxygen atoms in total. The van der Waals surface area contributed by atoms with Crippen molar-refractivity contribution in [2.45, 2.75) is 13.8 Å². The largest absolute Gasteiger partial charge is 0.493 e. The number of nitrogens with zero attached hydrogens (tertiary/aromatic N) is 1. The third-order valence-corrected chi connectivity index (χ3v) is 4.59. The van der Waals surface area contributed by atoms with Gasteiger partial charge in [0.2, 0.25) is 5.91 Å². The molecule has 1 aromatic heterocycles. The van der Waals surface area contributed by atoms with Gasteiger partial charge in [0.1, 0.15) is 11.3 Å². The molecule has 0 aliphatic heterocycles. The van der Waals surface area contributed by atoms with Gasteiger partial charge in [0.25, 0.3) is 0 Å². The van der Waals surface area contributed by atoms with E-state index in [4.69, 9.17) is 20.8 Å². The molecule has 0 saturated carbocycles. The van der Waals surface area contributed by atoms with Crippen LogP contribution in [-0.4, -0.2) is 31.5 Å². The van der Waals surface area contributed by atoms with Crippen LogP contribution in [0.1, 0.15) is 19.4 Å². The van der Waals surface area contributed by atoms with Crippen LogP contribution in [0.3, 0.4) is 0 Å². The second kappa shape index (κ2) is 7.89. The lowest BCUT2D eigenvalue weighted by Crippen LogP contribution is -2.19. The Kier molecular flexibility index (Phi) is 5.57. The van der Waals surface area contributed by atoms with Gasteiger partial charge in [-0.3, -0.25) is 4.79 Å². The monoisotopic (exact) mass is 383 g/mol. The minimum absolute atomic E-state index is 0.0693. The standard InChI is InChI=1S/C22H22ClNO3/c1-5-26-20-12-21-18(11-17(20)14(2)10-22(25)24(3)4)19(13-27-21)15-6-8-16(23)9-7-15/h6-13H,5H2,1-4H3/b14-10+. The van der Waals surface area contributed by atoms with Crippen LogP contribution < -0.4 is 4.74 Å². The van der Waals surface area contributed by atoms with E-state index in [9.17, 15) is 4.79 Å². The summed E-state index contributed by atoms with van der Waals surface area (Å²) < 4.78 is 11.6. The second-order valence-corrected chi connectivity index (χ2v) is 6.93. The quantitative estimate of drug-likeness (QED) is 0.535. The lowest BCUT2D eigenvalue weighted by atomic mass is 9.99. The van der Waals surface area contributed by atoms with Crippen molar-refractivity contribution in [3.05, 3.63) is 59.3 Å². The molecular weight excluding hydrogens is 362 g/mol. The van der Waals surface area contributed by atoms with Crippen LogP contribution in [0.15, 0.2) is 53.2 Å². The average molecular weight is 384 g/mol. The van der Waals surface area contributed by atoms with E-state index in [-0.39, 0.29) is 5.91 Å². The summed E-state index contributed by atoms with van der Waals surface area (Å²) in [4.78, 5) is 13.6. The molecule has 0 fully saturated rings. The number of hydrogen-bond donors (Lipinski definition) is 0. The maximum Gasteiger partial charge on any atom is 0.246 e. The molecule has 3 aromatic rings. The number of amides is 1. The zero-order valence-corrected chi connectivity index (χ0v) is 16.6. The number of fused-ring (bicyclic) bond motifs is 1. The summed E-state index contributed by atoms with van der Waals surface area (Å²) in [5.74, 6) is 0.627. The number of ether oxygens (including phenoxy) is 1. The summed E-state index contributed by atoms with van der Waals surface area (Å²) in [5.41, 5.74) is 4.43. The van der Waals surface area contributed by atoms with Crippen molar-refractivity contribution in [1.82, 2.24) is 4.90 Å². The van der Waals surface area contributed by atoms with Gasteiger partial charge in [-0.2, -0.15) is 0 Å². The minimum atomic E-state index is -0.0693. The predicted octanol–water partition coefficient (Wildman–Crippen LogP) is 5.64. The van der Waals surface area contributed by atoms with Crippen LogP contribution in [0, 0.1) is 0 Å². The maximum atomic E-state index is 12.1. The molecule has 5 heteroatoms. The molecule has 0 aliphatic rings. The third kappa shape index (κ3) is 4.01. The van der Waals surface area contributed by atoms with Crippen LogP contribution in [0.2, 0.25) is 5.02 Å². The fourth-order valence-corrected chi connectivity index (χ4v) is 3.01. The van der Waals surface area contributed by atoms with Crippen molar-refractivity contribution >= 4 is 34.1 Å². The number of benzene rings is 2. The molecular formula is C22H22ClNO3. The number of furan rings is 1. The van der Waals surface area contributed by atoms with E-state index in [0.29, 0.717) is 17.4 Å². The van der Waals surface area contributed by atoms with Crippen LogP contribution in [-0.2, 0) is 4.79 Å². The highest BCUT2D eigenvalue weighted by Gasteiger charge is 2.15. The van der Waals surface area contributed by atoms with Crippen molar-refractivity contribution in [3.8, 4) is 16.9 Å². The van der Waals surface area contributed by atoms with Crippen molar-refractivity contribution in [2.75, 3.05) is 20.7 Å². The Balaban J connectivity index is 2.16. The molecule has 0 saturated heterocycles. The minimum Gasteiger partial charge on any atom is -0.493 e. The number of hydrogen-bond acceptors (Lipinski definition) is 3. The Hall–Kier alpha value is -2.72. The topological polar surface area (TPSA) is 42.7 Å². The summed E-state index contributed by atoms with van der Waals surface area (Å²) in [7, 11) is 3.46. The second-order valence-electron chi connectivity index (χ2n) is 6.49. The molecule has 0 unspecified atom stereocenters. The Labute approximate surface area is 164 Å². The molecule has 27 heavy (non-hydrogen) atoms. The van der Waals surface area contributed by atoms with E-state index in [1.807, 2.05) is 50.2 Å². The number of halogens is 1. The van der Waals surface area contributed by atoms with Gasteiger partial charge in [-0.15, -0.1) is 0 Å². The molecule has 140 valence electrons. The first kappa shape index (κ1) is 19.1. The number of likely N-dealkylation sites (N-methyl/N-ethyl adjacent to an activating group) is 1. The Morgan fingerprint density at radius 1 is 1.22 bits per heavy atom. The molecule has 0 spiro atoms. The van der Waals surface area contributed by atoms with Gasteiger partial charge in [-0.1, -0.05) is 23.7 Å². The Morgan fingerprint density at radius 2 is 1.93 bits per heavy atom. The maximum absolute atomic E-state index is 12.1. The number of allylic oxidation sites excluding steroid dienone is 1. The van der Waals surface area contributed by atoms with Gasteiger partial charge in [-0.05, 0) is 43.2 Å². The summed E-state index contributed by atoms with van der Waals surface area (Å²) in [6.07, 6.45) is 3.35. The highest BCUT2D eigenvalue weighted by atomic mass is 35.5. The fourth-order valence-electron chi connectivity index (χ4n) is 2.88. The smallest absolute Gasteiger partial charge is 0.246 e. The lowest BCUT2D eigenvalue weighted by Gasteiger charge is -2.13. The zero-order valence-electron chi connectivity index (χ0n) is 15.9. The van der Waals surface area contributed by atoms with Crippen molar-refractivity contribution in [2.24, 2.45) is 0 Å². The van der Waals surface area contributed by atoms with Crippen molar-refractivity contribution in [1.29, 1.82) is 0 Å². The molecule has 0 aliphatic carbocycles. The van der Waals surface area contributed by atoms with Gasteiger partial charge in [0, 0.05) is 47.8 Å². The van der Waals surface area contributed by atoms with Crippen LogP contribution >= 0.6 is 11.6 Å². The van der Waals surface area contributed by atoms with Crippen LogP contribution in [0.4, 0.5) is 0 Å². The van der Waals surface area contributed by atoms with E-state index in [0.717, 1.165) is 33.2 Å². The van der Waals surface area contributed by atoms with Gasteiger partial charge < -0.3 is 14.1 Å². The summed E-state index contributed by atoms with van der Waals surface area (Å²) >= 11 is 6.00. The van der Waals surface area contributed by atoms with E-state index < -0.39 is 0 Å². The predicted molar refractivity (Wildman–Crippen MR) is 110 cm³/mol. The first-order chi connectivity index (χ1) is 12.9. The van der Waals surface area contributed by atoms with E-state index in [1.54, 1.807) is 31.3 Å². The Bertz CT molecular complexity index is 1000. The Morgan fingerprint density at radius 3 is 2.56 bits per heavy atom. The van der Waals surface area contributed by atoms with Crippen LogP contribution in [0.25, 0.3) is 27.7 Å². The summed E-state index contributed by atoms with van der Waals surface area (Å²) in [5, 5.41) is 1.65. The summed E-state index contributed by atoms with van der Waals surface area (Å²) in [6, 6.07) is 11.5. The molecule has 0 radical (unpaired) electrons. The first-order valence-electron chi connectivity index (χ1n) is 8.74. The van der Waals surface area contributed by atoms with Gasteiger partial charge in [0.05, 0.1) is 12.9 Å². The first-order valence-corrected chi connectivity index (χ1v) is 9.12. The SMILES string of the molecule is CCOc1cc2occ(-c3ccc(Cl)cc3)c2cc1/C(C)=C/C(=O)N(C)C. The normalized spacial score (nSPS) is 11.7. The van der Waals surface area contributed by atoms with E-state index in [2.05, 4.69) is 0 Å². The average Bonchev–Trinajstić information content (AvgIpc) is 3.04. The molecule has 3 rings (SSSR count). The van der Waals surface area contributed by atoms with E-state index >= 15 is 0 Å². The zero-order chi connectivity index (χ0) is 19.6. The molecule has 1 heterocycles. The van der Waals surface area contributed by atoms with Gasteiger partial charge in [0.15, 0.2) is 0 Å². The van der Waals surface area contributed by atoms with Gasteiger partial charge in [-0.25, -0.2) is 0 Å². The van der Waals surface area contributed by atoms with Crippen LogP contribution in [0.5, 0.6) is 5.75 Å². The summed E-state index contributed by atoms with van der Waals surface area (Å²) in [6.45, 7) is 4.37. The van der Waals surface area contributed by atoms with Crippen molar-refractivity contribution in [3.63, 3.8) is 0 Å². The van der Waals surface area contributed by atoms with Gasteiger partial charge >= 0.3 is 0 Å². The molecule has 2 aromatic carbocycles. The number of rotatable bonds is 5. The van der Waals surface area contributed by atoms with E-state index in [1.165, 1.54) is 0 Å². The third-order valence-electron chi connectivity index (χ3n) is 4.34. The highest BCUT2D eigenvalue weighted by molar-refractivity contribution is 6.30. The molecule has 1 amide bonds. The number of carbonyl (C=O) groups excluding carboxylic acids is 1. The molecule has 0 N–H and O–H groups in total. The molecule has 0 atom stereocenters. The lowest BCUT2D eigenvalue weighted by molar-refractivity contribution is -0.123. The highest BCUT2D eigenvalue weighted by Crippen LogP contribution is 2.37. The fraction of sp³-hybridized carbons (Fsp3) is 0.227. The number of carbonyl (C=O) groups is 1. The van der Waals surface area contributed by atoms with Crippen molar-refractivity contribution < 1.29 is 13.9 Å².